The van der Waals surface area contributed by atoms with Crippen LogP contribution in [0.4, 0.5) is 32.6 Å². The molecule has 0 atom stereocenters. The van der Waals surface area contributed by atoms with E-state index in [1.165, 1.54) is 20.8 Å². The van der Waals surface area contributed by atoms with Crippen LogP contribution in [-0.4, -0.2) is 44.4 Å². The maximum absolute atomic E-state index is 14.2. The molecule has 0 heterocycles. The van der Waals surface area contributed by atoms with Crippen LogP contribution in [0.5, 0.6) is 0 Å². The lowest BCUT2D eigenvalue weighted by Crippen LogP contribution is -2.50. The Morgan fingerprint density at radius 3 is 1.74 bits per heavy atom. The molecule has 1 aromatic rings. The van der Waals surface area contributed by atoms with Gasteiger partial charge in [-0.25, -0.2) is 18.0 Å². The minimum Gasteiger partial charge on any atom is -0.455 e. The van der Waals surface area contributed by atoms with Crippen molar-refractivity contribution in [3.8, 4) is 0 Å². The summed E-state index contributed by atoms with van der Waals surface area (Å²) < 4.78 is 83.6. The molecule has 0 fully saturated rings. The van der Waals surface area contributed by atoms with Crippen LogP contribution in [0.15, 0.2) is 12.1 Å². The third kappa shape index (κ3) is 7.67. The van der Waals surface area contributed by atoms with E-state index in [1.807, 2.05) is 0 Å². The number of rotatable bonds is 11. The molecule has 34 heavy (non-hydrogen) atoms. The highest BCUT2D eigenvalue weighted by Gasteiger charge is 2.52. The fourth-order valence-electron chi connectivity index (χ4n) is 2.35. The second kappa shape index (κ2) is 12.9. The zero-order valence-electron chi connectivity index (χ0n) is 18.5. The van der Waals surface area contributed by atoms with E-state index in [4.69, 9.17) is 13.3 Å². The van der Waals surface area contributed by atoms with Gasteiger partial charge < -0.3 is 13.3 Å². The number of urea groups is 1. The molecule has 0 bridgehead atoms. The molecule has 0 saturated heterocycles. The average molecular weight is 514 g/mol. The Kier molecular flexibility index (Phi) is 10.9. The average Bonchev–Trinajstić information content (AvgIpc) is 2.81. The van der Waals surface area contributed by atoms with Crippen molar-refractivity contribution in [1.82, 2.24) is 5.12 Å². The van der Waals surface area contributed by atoms with Crippen LogP contribution >= 0.6 is 0 Å². The normalized spacial score (nSPS) is 10.9. The lowest BCUT2D eigenvalue weighted by Gasteiger charge is -2.27. The van der Waals surface area contributed by atoms with Crippen LogP contribution in [0, 0.1) is 17.5 Å². The number of anilines is 1. The van der Waals surface area contributed by atoms with Gasteiger partial charge in [0.1, 0.15) is 5.69 Å². The largest absolute Gasteiger partial charge is 0.705 e. The molecule has 0 aliphatic carbocycles. The first kappa shape index (κ1) is 28.8. The maximum atomic E-state index is 14.2. The summed E-state index contributed by atoms with van der Waals surface area (Å²) in [6.07, 6.45) is -0.987. The van der Waals surface area contributed by atoms with E-state index < -0.39 is 85.1 Å². The third-order valence-corrected chi connectivity index (χ3v) is 6.70. The lowest BCUT2D eigenvalue weighted by atomic mass is 10.3. The summed E-state index contributed by atoms with van der Waals surface area (Å²) in [5, 5.41) is -1.81. The number of amides is 2. The topological polar surface area (TPSA) is 102 Å². The van der Waals surface area contributed by atoms with E-state index in [2.05, 4.69) is 0 Å². The minimum atomic E-state index is -4.37. The van der Waals surface area contributed by atoms with Gasteiger partial charge in [0.25, 0.3) is 17.9 Å². The molecule has 15 heteroatoms. The van der Waals surface area contributed by atoms with Gasteiger partial charge in [-0.3, -0.25) is 14.4 Å². The smallest absolute Gasteiger partial charge is 0.455 e. The van der Waals surface area contributed by atoms with Gasteiger partial charge in [-0.1, -0.05) is 29.7 Å². The quantitative estimate of drug-likeness (QED) is 0.188. The summed E-state index contributed by atoms with van der Waals surface area (Å²) in [4.78, 5) is 47.4. The predicted octanol–water partition coefficient (Wildman–Crippen LogP) is 4.29. The van der Waals surface area contributed by atoms with Crippen molar-refractivity contribution in [2.75, 3.05) is 11.7 Å². The predicted molar refractivity (Wildman–Crippen MR) is 107 cm³/mol. The first-order chi connectivity index (χ1) is 15.9. The molecule has 0 saturated carbocycles. The summed E-state index contributed by atoms with van der Waals surface area (Å²) >= 11 is 0. The maximum Gasteiger partial charge on any atom is 0.705 e. The Hall–Kier alpha value is -3.23. The fraction of sp³-hybridized carbons (Fsp3) is 0.474. The van der Waals surface area contributed by atoms with Gasteiger partial charge in [-0.15, -0.1) is 5.12 Å². The van der Waals surface area contributed by atoms with E-state index in [-0.39, 0.29) is 19.3 Å². The first-order valence-electron chi connectivity index (χ1n) is 10.1. The molecule has 0 aliphatic rings. The first-order valence-corrected chi connectivity index (χ1v) is 12.1. The summed E-state index contributed by atoms with van der Waals surface area (Å²) in [6.45, 7) is 3.33. The number of halogens is 5. The summed E-state index contributed by atoms with van der Waals surface area (Å²) in [7, 11) is -4.37. The van der Waals surface area contributed by atoms with Gasteiger partial charge >= 0.3 is 14.8 Å². The van der Waals surface area contributed by atoms with Crippen LogP contribution < -0.4 is 5.12 Å². The van der Waals surface area contributed by atoms with Crippen molar-refractivity contribution in [2.24, 2.45) is 0 Å². The van der Waals surface area contributed by atoms with Crippen molar-refractivity contribution in [3.63, 3.8) is 0 Å². The monoisotopic (exact) mass is 514 g/mol. The van der Waals surface area contributed by atoms with Gasteiger partial charge in [-0.2, -0.15) is 5.12 Å². The highest BCUT2D eigenvalue weighted by molar-refractivity contribution is 6.65. The van der Waals surface area contributed by atoms with E-state index in [0.717, 1.165) is 0 Å². The molecule has 9 nitrogen and oxygen atoms in total. The highest BCUT2D eigenvalue weighted by atomic mass is 28.4. The van der Waals surface area contributed by atoms with Gasteiger partial charge in [0.2, 0.25) is 0 Å². The number of hydrogen-bond acceptors (Lipinski definition) is 7. The molecule has 0 aliphatic heterocycles. The zero-order chi connectivity index (χ0) is 26.1. The van der Waals surface area contributed by atoms with Crippen molar-refractivity contribution in [1.29, 1.82) is 0 Å². The third-order valence-electron chi connectivity index (χ3n) is 4.11. The minimum absolute atomic E-state index is 0.174. The Morgan fingerprint density at radius 2 is 1.29 bits per heavy atom. The van der Waals surface area contributed by atoms with Crippen LogP contribution in [0.1, 0.15) is 46.5 Å². The van der Waals surface area contributed by atoms with Crippen molar-refractivity contribution < 1.29 is 54.6 Å². The number of carbonyl (C=O) groups is 4. The fourth-order valence-corrected chi connectivity index (χ4v) is 4.84. The van der Waals surface area contributed by atoms with Gasteiger partial charge in [0, 0.05) is 19.3 Å². The van der Waals surface area contributed by atoms with E-state index in [0.29, 0.717) is 12.1 Å². The highest BCUT2D eigenvalue weighted by Crippen LogP contribution is 2.26. The van der Waals surface area contributed by atoms with E-state index in [1.54, 1.807) is 0 Å². The summed E-state index contributed by atoms with van der Waals surface area (Å²) in [5.41, 5.74) is -1.37. The van der Waals surface area contributed by atoms with Gasteiger partial charge in [-0.05, 0) is 18.6 Å². The lowest BCUT2D eigenvalue weighted by molar-refractivity contribution is -0.150. The number of carbonyl (C=O) groups excluding carboxylic acids is 4. The molecular weight excluding hydrogens is 491 g/mol. The van der Waals surface area contributed by atoms with Crippen LogP contribution in [-0.2, 0) is 27.7 Å². The van der Waals surface area contributed by atoms with Crippen molar-refractivity contribution in [3.05, 3.63) is 29.6 Å². The van der Waals surface area contributed by atoms with Crippen molar-refractivity contribution >= 4 is 38.4 Å². The molecule has 1 aromatic carbocycles. The zero-order valence-corrected chi connectivity index (χ0v) is 19.5. The molecular formula is C19H23F5N2O7Si. The Balaban J connectivity index is 2.99. The second-order valence-corrected chi connectivity index (χ2v) is 9.09. The van der Waals surface area contributed by atoms with Gasteiger partial charge in [0.15, 0.2) is 17.5 Å². The standard InChI is InChI=1S/C19H23F5N2O7Si/c1-4-14(27)31-34(32-15(28)5-2,33-16(29)6-3)11-7-10-25(23)19(30)26(24)13-9-8-12(20)17(21)18(13)22/h8-9H,4-7,10-11H2,1-3H3. The van der Waals surface area contributed by atoms with Crippen LogP contribution in [0.25, 0.3) is 0 Å². The summed E-state index contributed by atoms with van der Waals surface area (Å²) in [5.74, 6) is -8.41. The Bertz CT molecular complexity index is 876. The number of nitrogens with zero attached hydrogens (tertiary/aromatic N) is 2. The SMILES string of the molecule is CCC(=O)O[Si](CCCN(F)C(=O)N(F)c1ccc(F)c(F)c1F)(OC(=O)CC)OC(=O)CC. The van der Waals surface area contributed by atoms with E-state index >= 15 is 0 Å². The number of hydrogen-bond donors (Lipinski definition) is 0. The van der Waals surface area contributed by atoms with Crippen molar-refractivity contribution in [2.45, 2.75) is 52.5 Å². The summed E-state index contributed by atoms with van der Waals surface area (Å²) in [6, 6.07) is -1.88. The molecule has 0 radical (unpaired) electrons. The van der Waals surface area contributed by atoms with Gasteiger partial charge in [0.05, 0.1) is 12.6 Å². The molecule has 0 N–H and O–H groups in total. The van der Waals surface area contributed by atoms with E-state index in [9.17, 15) is 41.3 Å². The Morgan fingerprint density at radius 1 is 0.824 bits per heavy atom. The van der Waals surface area contributed by atoms with Crippen LogP contribution in [0.3, 0.4) is 0 Å². The molecule has 190 valence electrons. The van der Waals surface area contributed by atoms with Crippen LogP contribution in [0.2, 0.25) is 6.04 Å². The second-order valence-electron chi connectivity index (χ2n) is 6.61. The Labute approximate surface area is 192 Å². The molecule has 0 aromatic heterocycles. The molecule has 2 amide bonds. The molecule has 0 spiro atoms. The number of benzene rings is 1. The molecule has 1 rings (SSSR count). The molecule has 0 unspecified atom stereocenters.